The predicted octanol–water partition coefficient (Wildman–Crippen LogP) is 4.25. The summed E-state index contributed by atoms with van der Waals surface area (Å²) in [5.74, 6) is 0.646. The molecule has 10 heteroatoms. The van der Waals surface area contributed by atoms with Crippen LogP contribution in [-0.4, -0.2) is 54.8 Å². The lowest BCUT2D eigenvalue weighted by atomic mass is 10.2. The highest BCUT2D eigenvalue weighted by atomic mass is 32.2. The van der Waals surface area contributed by atoms with E-state index in [4.69, 9.17) is 9.47 Å². The number of ether oxygens (including phenoxy) is 2. The fourth-order valence-electron chi connectivity index (χ4n) is 3.20. The van der Waals surface area contributed by atoms with E-state index in [0.717, 1.165) is 49.1 Å². The van der Waals surface area contributed by atoms with E-state index in [1.165, 1.54) is 23.1 Å². The van der Waals surface area contributed by atoms with Gasteiger partial charge in [-0.05, 0) is 43.3 Å². The van der Waals surface area contributed by atoms with Gasteiger partial charge in [-0.2, -0.15) is 0 Å². The lowest BCUT2D eigenvalue weighted by molar-refractivity contribution is -0.115. The molecule has 0 spiro atoms. The summed E-state index contributed by atoms with van der Waals surface area (Å²) in [6.07, 6.45) is 0. The lowest BCUT2D eigenvalue weighted by Crippen LogP contribution is -2.36. The molecule has 1 aliphatic rings. The number of benzene rings is 2. The van der Waals surface area contributed by atoms with Gasteiger partial charge in [-0.15, -0.1) is 10.2 Å². The molecule has 1 unspecified atom stereocenters. The van der Waals surface area contributed by atoms with Gasteiger partial charge in [0, 0.05) is 24.5 Å². The maximum atomic E-state index is 12.7. The first-order valence-corrected chi connectivity index (χ1v) is 12.0. The number of carbonyl (C=O) groups is 1. The molecular weight excluding hydrogens is 446 g/mol. The molecule has 4 rings (SSSR count). The summed E-state index contributed by atoms with van der Waals surface area (Å²) in [5.41, 5.74) is 2.72. The predicted molar refractivity (Wildman–Crippen MR) is 130 cm³/mol. The second kappa shape index (κ2) is 10.7. The van der Waals surface area contributed by atoms with Gasteiger partial charge >= 0.3 is 0 Å². The van der Waals surface area contributed by atoms with Crippen molar-refractivity contribution in [3.8, 4) is 5.75 Å². The Kier molecular flexibility index (Phi) is 7.46. The van der Waals surface area contributed by atoms with Gasteiger partial charge in [0.25, 0.3) is 0 Å². The summed E-state index contributed by atoms with van der Waals surface area (Å²) < 4.78 is 11.5. The molecule has 0 radical (unpaired) electrons. The molecule has 0 aliphatic carbocycles. The van der Waals surface area contributed by atoms with Crippen LogP contribution in [0.5, 0.6) is 5.75 Å². The number of aromatic nitrogens is 2. The van der Waals surface area contributed by atoms with E-state index < -0.39 is 0 Å². The van der Waals surface area contributed by atoms with Gasteiger partial charge in [-0.25, -0.2) is 0 Å². The molecular formula is C22H25N5O3S2. The van der Waals surface area contributed by atoms with Crippen LogP contribution in [0, 0.1) is 0 Å². The highest BCUT2D eigenvalue weighted by molar-refractivity contribution is 8.02. The number of hydrogen-bond donors (Lipinski definition) is 2. The lowest BCUT2D eigenvalue weighted by Gasteiger charge is -2.28. The average Bonchev–Trinajstić information content (AvgIpc) is 3.27. The number of amides is 1. The fraction of sp³-hybridized carbons (Fsp3) is 0.318. The molecule has 3 aromatic rings. The smallest absolute Gasteiger partial charge is 0.237 e. The molecule has 1 amide bonds. The van der Waals surface area contributed by atoms with Crippen molar-refractivity contribution < 1.29 is 14.3 Å². The summed E-state index contributed by atoms with van der Waals surface area (Å²) in [5, 5.41) is 14.9. The molecule has 1 saturated heterocycles. The number of para-hydroxylation sites is 2. The topological polar surface area (TPSA) is 88.6 Å². The van der Waals surface area contributed by atoms with Crippen molar-refractivity contribution in [2.75, 3.05) is 48.9 Å². The van der Waals surface area contributed by atoms with Crippen molar-refractivity contribution in [1.29, 1.82) is 0 Å². The van der Waals surface area contributed by atoms with Crippen molar-refractivity contribution in [1.82, 2.24) is 10.2 Å². The van der Waals surface area contributed by atoms with Gasteiger partial charge in [0.1, 0.15) is 5.75 Å². The zero-order chi connectivity index (χ0) is 22.3. The Morgan fingerprint density at radius 3 is 2.66 bits per heavy atom. The molecule has 1 atom stereocenters. The highest BCUT2D eigenvalue weighted by Gasteiger charge is 2.18. The number of rotatable bonds is 8. The van der Waals surface area contributed by atoms with E-state index in [-0.39, 0.29) is 11.2 Å². The third-order valence-corrected chi connectivity index (χ3v) is 6.94. The van der Waals surface area contributed by atoms with E-state index in [1.807, 2.05) is 55.5 Å². The third kappa shape index (κ3) is 5.70. The van der Waals surface area contributed by atoms with Crippen LogP contribution in [-0.2, 0) is 9.53 Å². The van der Waals surface area contributed by atoms with Crippen molar-refractivity contribution in [2.45, 2.75) is 16.5 Å². The van der Waals surface area contributed by atoms with E-state index in [0.29, 0.717) is 9.47 Å². The minimum absolute atomic E-state index is 0.0800. The summed E-state index contributed by atoms with van der Waals surface area (Å²) in [4.78, 5) is 14.9. The van der Waals surface area contributed by atoms with E-state index >= 15 is 0 Å². The normalized spacial score (nSPS) is 14.6. The third-order valence-electron chi connectivity index (χ3n) is 4.91. The van der Waals surface area contributed by atoms with Gasteiger partial charge in [0.15, 0.2) is 4.34 Å². The van der Waals surface area contributed by atoms with E-state index in [9.17, 15) is 4.79 Å². The van der Waals surface area contributed by atoms with Crippen LogP contribution in [0.15, 0.2) is 52.9 Å². The van der Waals surface area contributed by atoms with Crippen molar-refractivity contribution >= 4 is 51.2 Å². The summed E-state index contributed by atoms with van der Waals surface area (Å²) >= 11 is 2.77. The SMILES string of the molecule is COc1ccccc1Nc1nnc(SC(C)C(=O)Nc2ccc(N3CCOCC3)cc2)s1. The van der Waals surface area contributed by atoms with Gasteiger partial charge in [-0.1, -0.05) is 35.2 Å². The minimum atomic E-state index is -0.319. The molecule has 2 N–H and O–H groups in total. The van der Waals surface area contributed by atoms with E-state index in [2.05, 4.69) is 25.7 Å². The number of hydrogen-bond acceptors (Lipinski definition) is 9. The molecule has 32 heavy (non-hydrogen) atoms. The molecule has 168 valence electrons. The highest BCUT2D eigenvalue weighted by Crippen LogP contribution is 2.33. The largest absolute Gasteiger partial charge is 0.495 e. The van der Waals surface area contributed by atoms with Crippen LogP contribution in [0.1, 0.15) is 6.92 Å². The van der Waals surface area contributed by atoms with Gasteiger partial charge < -0.3 is 25.0 Å². The minimum Gasteiger partial charge on any atom is -0.495 e. The first-order valence-electron chi connectivity index (χ1n) is 10.3. The number of carbonyl (C=O) groups excluding carboxylic acids is 1. The van der Waals surface area contributed by atoms with Crippen LogP contribution >= 0.6 is 23.1 Å². The summed E-state index contributed by atoms with van der Waals surface area (Å²) in [7, 11) is 1.62. The number of methoxy groups -OCH3 is 1. The van der Waals surface area contributed by atoms with Crippen molar-refractivity contribution in [3.63, 3.8) is 0 Å². The number of nitrogens with one attached hydrogen (secondary N) is 2. The number of anilines is 4. The zero-order valence-electron chi connectivity index (χ0n) is 17.9. The van der Waals surface area contributed by atoms with Crippen LogP contribution in [0.2, 0.25) is 0 Å². The van der Waals surface area contributed by atoms with Gasteiger partial charge in [0.2, 0.25) is 11.0 Å². The number of morpholine rings is 1. The molecule has 8 nitrogen and oxygen atoms in total. The first kappa shape index (κ1) is 22.4. The molecule has 0 saturated carbocycles. The van der Waals surface area contributed by atoms with Crippen LogP contribution < -0.4 is 20.3 Å². The Bertz CT molecular complexity index is 1040. The second-order valence-corrected chi connectivity index (χ2v) is 9.66. The van der Waals surface area contributed by atoms with Gasteiger partial charge in [-0.3, -0.25) is 4.79 Å². The van der Waals surface area contributed by atoms with Crippen molar-refractivity contribution in [3.05, 3.63) is 48.5 Å². The number of nitrogens with zero attached hydrogens (tertiary/aromatic N) is 3. The van der Waals surface area contributed by atoms with Crippen molar-refractivity contribution in [2.24, 2.45) is 0 Å². The summed E-state index contributed by atoms with van der Waals surface area (Å²) in [6, 6.07) is 15.5. The molecule has 1 aliphatic heterocycles. The van der Waals surface area contributed by atoms with Crippen LogP contribution in [0.3, 0.4) is 0 Å². The molecule has 2 heterocycles. The van der Waals surface area contributed by atoms with E-state index in [1.54, 1.807) is 7.11 Å². The number of thioether (sulfide) groups is 1. The molecule has 0 bridgehead atoms. The first-order chi connectivity index (χ1) is 15.6. The Labute approximate surface area is 195 Å². The Balaban J connectivity index is 1.31. The average molecular weight is 472 g/mol. The molecule has 1 aromatic heterocycles. The fourth-order valence-corrected chi connectivity index (χ4v) is 5.11. The quantitative estimate of drug-likeness (QED) is 0.472. The Morgan fingerprint density at radius 1 is 1.16 bits per heavy atom. The maximum absolute atomic E-state index is 12.7. The second-order valence-electron chi connectivity index (χ2n) is 7.09. The maximum Gasteiger partial charge on any atom is 0.237 e. The van der Waals surface area contributed by atoms with Gasteiger partial charge in [0.05, 0.1) is 31.3 Å². The molecule has 1 fully saturated rings. The molecule has 2 aromatic carbocycles. The van der Waals surface area contributed by atoms with Crippen LogP contribution in [0.4, 0.5) is 22.2 Å². The zero-order valence-corrected chi connectivity index (χ0v) is 19.5. The standard InChI is InChI=1S/C22H25N5O3S2/c1-15(20(28)23-16-7-9-17(10-8-16)27-11-13-30-14-12-27)31-22-26-25-21(32-22)24-18-5-3-4-6-19(18)29-2/h3-10,15H,11-14H2,1-2H3,(H,23,28)(H,24,25). The summed E-state index contributed by atoms with van der Waals surface area (Å²) in [6.45, 7) is 5.12. The Morgan fingerprint density at radius 2 is 1.91 bits per heavy atom. The van der Waals surface area contributed by atoms with Crippen LogP contribution in [0.25, 0.3) is 0 Å². The Hall–Kier alpha value is -2.82. The monoisotopic (exact) mass is 471 g/mol.